The van der Waals surface area contributed by atoms with Crippen LogP contribution >= 0.6 is 22.6 Å². The lowest BCUT2D eigenvalue weighted by molar-refractivity contribution is -0.148. The molecule has 1 atom stereocenters. The van der Waals surface area contributed by atoms with Gasteiger partial charge in [-0.15, -0.1) is 0 Å². The first kappa shape index (κ1) is 19.9. The van der Waals surface area contributed by atoms with Gasteiger partial charge in [0.2, 0.25) is 0 Å². The Balaban J connectivity index is 1.81. The molecule has 1 heterocycles. The van der Waals surface area contributed by atoms with Crippen LogP contribution in [0.15, 0.2) is 54.1 Å². The lowest BCUT2D eigenvalue weighted by Gasteiger charge is -2.14. The van der Waals surface area contributed by atoms with E-state index in [9.17, 15) is 14.4 Å². The fourth-order valence-electron chi connectivity index (χ4n) is 2.59. The van der Waals surface area contributed by atoms with Gasteiger partial charge in [-0.25, -0.2) is 9.80 Å². The third-order valence-corrected chi connectivity index (χ3v) is 4.85. The molecule has 144 valence electrons. The van der Waals surface area contributed by atoms with Crippen LogP contribution in [0, 0.1) is 3.57 Å². The van der Waals surface area contributed by atoms with Crippen LogP contribution in [0.1, 0.15) is 12.5 Å². The van der Waals surface area contributed by atoms with Gasteiger partial charge >= 0.3 is 5.97 Å². The van der Waals surface area contributed by atoms with E-state index in [0.29, 0.717) is 17.0 Å². The second-order valence-corrected chi connectivity index (χ2v) is 7.11. The number of hydrazine groups is 1. The van der Waals surface area contributed by atoms with Crippen molar-refractivity contribution in [3.05, 3.63) is 63.2 Å². The number of para-hydroxylation sites is 1. The van der Waals surface area contributed by atoms with Crippen LogP contribution in [0.5, 0.6) is 5.75 Å². The highest BCUT2D eigenvalue weighted by atomic mass is 127. The van der Waals surface area contributed by atoms with Gasteiger partial charge in [-0.2, -0.15) is 0 Å². The number of anilines is 1. The molecule has 3 rings (SSSR count). The molecule has 0 aliphatic carbocycles. The molecule has 1 fully saturated rings. The van der Waals surface area contributed by atoms with E-state index in [4.69, 9.17) is 4.74 Å². The molecule has 1 saturated heterocycles. The summed E-state index contributed by atoms with van der Waals surface area (Å²) in [5, 5.41) is 1.22. The molecule has 2 amide bonds. The summed E-state index contributed by atoms with van der Waals surface area (Å²) >= 11 is 2.06. The number of rotatable bonds is 5. The Hall–Kier alpha value is -2.88. The number of hydrogen-bond donors (Lipinski definition) is 1. The summed E-state index contributed by atoms with van der Waals surface area (Å²) in [6, 6.07) is 14.0. The Morgan fingerprint density at radius 1 is 1.18 bits per heavy atom. The molecule has 8 heteroatoms. The predicted octanol–water partition coefficient (Wildman–Crippen LogP) is 2.69. The minimum absolute atomic E-state index is 0.0382. The van der Waals surface area contributed by atoms with Gasteiger partial charge in [0.05, 0.1) is 16.4 Å². The molecule has 1 aliphatic rings. The van der Waals surface area contributed by atoms with Crippen molar-refractivity contribution in [2.24, 2.45) is 0 Å². The lowest BCUT2D eigenvalue weighted by atomic mass is 10.1. The first-order chi connectivity index (χ1) is 13.4. The molecule has 2 aromatic carbocycles. The number of amides is 2. The molecule has 0 bridgehead atoms. The Bertz CT molecular complexity index is 958. The summed E-state index contributed by atoms with van der Waals surface area (Å²) in [4.78, 5) is 36.4. The zero-order valence-corrected chi connectivity index (χ0v) is 17.3. The van der Waals surface area contributed by atoms with Crippen molar-refractivity contribution < 1.29 is 23.9 Å². The van der Waals surface area contributed by atoms with Crippen LogP contribution in [0.4, 0.5) is 5.69 Å². The number of halogens is 1. The van der Waals surface area contributed by atoms with Crippen LogP contribution in [-0.4, -0.2) is 31.0 Å². The average molecular weight is 492 g/mol. The van der Waals surface area contributed by atoms with Crippen LogP contribution < -0.4 is 15.2 Å². The van der Waals surface area contributed by atoms with Gasteiger partial charge in [-0.05, 0) is 65.4 Å². The Morgan fingerprint density at radius 3 is 2.54 bits per heavy atom. The van der Waals surface area contributed by atoms with E-state index in [2.05, 4.69) is 32.8 Å². The number of ether oxygens (including phenoxy) is 2. The molecule has 0 radical (unpaired) electrons. The summed E-state index contributed by atoms with van der Waals surface area (Å²) in [7, 11) is 1.30. The number of esters is 1. The van der Waals surface area contributed by atoms with E-state index in [0.717, 1.165) is 3.57 Å². The predicted molar refractivity (Wildman–Crippen MR) is 111 cm³/mol. The SMILES string of the molecule is COC(=O)[C@H](C)Oc1ccc(/C=C2/C(=O)NN(c3ccccc3)C2=O)cc1I. The second kappa shape index (κ2) is 8.42. The average Bonchev–Trinajstić information content (AvgIpc) is 2.98. The fourth-order valence-corrected chi connectivity index (χ4v) is 3.26. The van der Waals surface area contributed by atoms with E-state index in [1.54, 1.807) is 49.4 Å². The van der Waals surface area contributed by atoms with Crippen LogP contribution in [0.3, 0.4) is 0 Å². The van der Waals surface area contributed by atoms with Crippen LogP contribution in [0.2, 0.25) is 0 Å². The van der Waals surface area contributed by atoms with Crippen molar-refractivity contribution in [2.75, 3.05) is 12.1 Å². The zero-order chi connectivity index (χ0) is 20.3. The topological polar surface area (TPSA) is 84.9 Å². The first-order valence-electron chi connectivity index (χ1n) is 8.37. The monoisotopic (exact) mass is 492 g/mol. The third kappa shape index (κ3) is 4.16. The molecule has 1 aliphatic heterocycles. The zero-order valence-electron chi connectivity index (χ0n) is 15.1. The van der Waals surface area contributed by atoms with Crippen LogP contribution in [0.25, 0.3) is 6.08 Å². The van der Waals surface area contributed by atoms with Gasteiger partial charge in [-0.3, -0.25) is 15.0 Å². The van der Waals surface area contributed by atoms with Crippen molar-refractivity contribution in [3.8, 4) is 5.75 Å². The molecular weight excluding hydrogens is 475 g/mol. The quantitative estimate of drug-likeness (QED) is 0.301. The molecule has 7 nitrogen and oxygen atoms in total. The Morgan fingerprint density at radius 2 is 1.89 bits per heavy atom. The molecule has 0 saturated carbocycles. The summed E-state index contributed by atoms with van der Waals surface area (Å²) in [5.41, 5.74) is 3.84. The molecule has 0 unspecified atom stereocenters. The van der Waals surface area contributed by atoms with E-state index in [1.165, 1.54) is 18.2 Å². The summed E-state index contributed by atoms with van der Waals surface area (Å²) in [5.74, 6) is -0.862. The van der Waals surface area contributed by atoms with Crippen molar-refractivity contribution in [1.29, 1.82) is 0 Å². The van der Waals surface area contributed by atoms with E-state index in [-0.39, 0.29) is 5.57 Å². The molecule has 0 aromatic heterocycles. The molecule has 1 N–H and O–H groups in total. The van der Waals surface area contributed by atoms with E-state index in [1.807, 2.05) is 6.07 Å². The maximum atomic E-state index is 12.6. The molecule has 0 spiro atoms. The van der Waals surface area contributed by atoms with Gasteiger partial charge in [0.1, 0.15) is 11.3 Å². The lowest BCUT2D eigenvalue weighted by Crippen LogP contribution is -2.35. The maximum absolute atomic E-state index is 12.6. The normalized spacial score (nSPS) is 16.1. The van der Waals surface area contributed by atoms with Gasteiger partial charge < -0.3 is 9.47 Å². The number of hydrogen-bond acceptors (Lipinski definition) is 5. The van der Waals surface area contributed by atoms with E-state index < -0.39 is 23.9 Å². The number of nitrogens with one attached hydrogen (secondary N) is 1. The van der Waals surface area contributed by atoms with Gasteiger partial charge in [0, 0.05) is 0 Å². The fraction of sp³-hybridized carbons (Fsp3) is 0.150. The highest BCUT2D eigenvalue weighted by molar-refractivity contribution is 14.1. The minimum Gasteiger partial charge on any atom is -0.478 e. The highest BCUT2D eigenvalue weighted by Crippen LogP contribution is 2.26. The van der Waals surface area contributed by atoms with Gasteiger partial charge in [-0.1, -0.05) is 24.3 Å². The van der Waals surface area contributed by atoms with E-state index >= 15 is 0 Å². The number of nitrogens with zero attached hydrogens (tertiary/aromatic N) is 1. The summed E-state index contributed by atoms with van der Waals surface area (Å²) < 4.78 is 11.0. The second-order valence-electron chi connectivity index (χ2n) is 5.95. The standard InChI is InChI=1S/C20H17IN2O5/c1-12(20(26)27-2)28-17-9-8-13(11-16(17)21)10-15-18(24)22-23(19(15)25)14-6-4-3-5-7-14/h3-12H,1-2H3,(H,22,24)/b15-10-/t12-/m0/s1. The Kier molecular flexibility index (Phi) is 5.98. The minimum atomic E-state index is -0.746. The Labute approximate surface area is 175 Å². The number of carbonyl (C=O) groups is 3. The first-order valence-corrected chi connectivity index (χ1v) is 9.45. The maximum Gasteiger partial charge on any atom is 0.346 e. The van der Waals surface area contributed by atoms with Crippen molar-refractivity contribution >= 4 is 52.1 Å². The van der Waals surface area contributed by atoms with Gasteiger partial charge in [0.15, 0.2) is 6.10 Å². The molecular formula is C20H17IN2O5. The number of methoxy groups -OCH3 is 1. The van der Waals surface area contributed by atoms with Gasteiger partial charge in [0.25, 0.3) is 11.8 Å². The number of benzene rings is 2. The van der Waals surface area contributed by atoms with Crippen molar-refractivity contribution in [1.82, 2.24) is 5.43 Å². The number of carbonyl (C=O) groups excluding carboxylic acids is 3. The summed E-state index contributed by atoms with van der Waals surface area (Å²) in [6.07, 6.45) is 0.778. The highest BCUT2D eigenvalue weighted by Gasteiger charge is 2.34. The van der Waals surface area contributed by atoms with Crippen LogP contribution in [-0.2, 0) is 19.1 Å². The summed E-state index contributed by atoms with van der Waals surface area (Å²) in [6.45, 7) is 1.59. The van der Waals surface area contributed by atoms with Crippen molar-refractivity contribution in [3.63, 3.8) is 0 Å². The third-order valence-electron chi connectivity index (χ3n) is 4.01. The largest absolute Gasteiger partial charge is 0.478 e. The van der Waals surface area contributed by atoms with Crippen molar-refractivity contribution in [2.45, 2.75) is 13.0 Å². The molecule has 28 heavy (non-hydrogen) atoms. The molecule has 2 aromatic rings. The smallest absolute Gasteiger partial charge is 0.346 e.